The first kappa shape index (κ1) is 23.2. The molecule has 0 radical (unpaired) electrons. The maximum absolute atomic E-state index is 13.3. The van der Waals surface area contributed by atoms with Crippen LogP contribution in [0.1, 0.15) is 12.0 Å². The lowest BCUT2D eigenvalue weighted by Gasteiger charge is -2.31. The van der Waals surface area contributed by atoms with Crippen molar-refractivity contribution < 1.29 is 21.6 Å². The average Bonchev–Trinajstić information content (AvgIpc) is 2.87. The zero-order valence-electron chi connectivity index (χ0n) is 19.0. The van der Waals surface area contributed by atoms with E-state index in [0.29, 0.717) is 41.9 Å². The zero-order valence-corrected chi connectivity index (χ0v) is 20.6. The van der Waals surface area contributed by atoms with Crippen molar-refractivity contribution in [2.75, 3.05) is 22.7 Å². The molecular weight excluding hydrogens is 484 g/mol. The van der Waals surface area contributed by atoms with Crippen LogP contribution in [0.15, 0.2) is 94.7 Å². The highest BCUT2D eigenvalue weighted by Gasteiger charge is 2.29. The second-order valence-electron chi connectivity index (χ2n) is 8.28. The maximum atomic E-state index is 13.3. The summed E-state index contributed by atoms with van der Waals surface area (Å²) >= 11 is 0. The van der Waals surface area contributed by atoms with Crippen molar-refractivity contribution in [3.8, 4) is 5.75 Å². The SMILES string of the molecule is COc1ccc(S(=O)(=O)N2CCCc3cc(NS(=O)(=O)c4cccc5ccccc45)ccc32)cc1. The lowest BCUT2D eigenvalue weighted by molar-refractivity contribution is 0.414. The number of ether oxygens (including phenoxy) is 1. The van der Waals surface area contributed by atoms with Crippen molar-refractivity contribution in [1.29, 1.82) is 0 Å². The molecule has 0 fully saturated rings. The van der Waals surface area contributed by atoms with E-state index in [9.17, 15) is 16.8 Å². The number of methoxy groups -OCH3 is 1. The Balaban J connectivity index is 1.46. The summed E-state index contributed by atoms with van der Waals surface area (Å²) in [5.74, 6) is 0.575. The van der Waals surface area contributed by atoms with Crippen LogP contribution in [-0.4, -0.2) is 30.5 Å². The van der Waals surface area contributed by atoms with Gasteiger partial charge in [0.15, 0.2) is 0 Å². The fraction of sp³-hybridized carbons (Fsp3) is 0.154. The van der Waals surface area contributed by atoms with Crippen molar-refractivity contribution in [3.63, 3.8) is 0 Å². The van der Waals surface area contributed by atoms with Crippen LogP contribution in [0.4, 0.5) is 11.4 Å². The van der Waals surface area contributed by atoms with Gasteiger partial charge in [-0.05, 0) is 72.3 Å². The molecule has 9 heteroatoms. The van der Waals surface area contributed by atoms with Gasteiger partial charge in [0.1, 0.15) is 5.75 Å². The summed E-state index contributed by atoms with van der Waals surface area (Å²) < 4.78 is 62.3. The Hall–Kier alpha value is -3.56. The van der Waals surface area contributed by atoms with Crippen LogP contribution in [0.3, 0.4) is 0 Å². The fourth-order valence-electron chi connectivity index (χ4n) is 4.39. The van der Waals surface area contributed by atoms with Crippen LogP contribution >= 0.6 is 0 Å². The second-order valence-corrected chi connectivity index (χ2v) is 11.8. The molecule has 0 saturated carbocycles. The highest BCUT2D eigenvalue weighted by Crippen LogP contribution is 2.35. The highest BCUT2D eigenvalue weighted by molar-refractivity contribution is 7.93. The van der Waals surface area contributed by atoms with Crippen molar-refractivity contribution >= 4 is 42.2 Å². The molecule has 4 aromatic rings. The summed E-state index contributed by atoms with van der Waals surface area (Å²) in [4.78, 5) is 0.365. The molecule has 1 aliphatic heterocycles. The van der Waals surface area contributed by atoms with Crippen LogP contribution in [-0.2, 0) is 26.5 Å². The molecule has 1 N–H and O–H groups in total. The number of hydrogen-bond acceptors (Lipinski definition) is 5. The Morgan fingerprint density at radius 3 is 2.37 bits per heavy atom. The summed E-state index contributed by atoms with van der Waals surface area (Å²) in [6.45, 7) is 0.350. The molecule has 0 aliphatic carbocycles. The molecule has 1 heterocycles. The van der Waals surface area contributed by atoms with Gasteiger partial charge in [-0.2, -0.15) is 0 Å². The minimum atomic E-state index is -3.85. The number of aryl methyl sites for hydroxylation is 1. The Kier molecular flexibility index (Phi) is 5.90. The van der Waals surface area contributed by atoms with Crippen molar-refractivity contribution in [2.24, 2.45) is 0 Å². The molecule has 5 rings (SSSR count). The number of rotatable bonds is 6. The summed E-state index contributed by atoms with van der Waals surface area (Å²) in [6, 6.07) is 23.7. The van der Waals surface area contributed by atoms with E-state index in [0.717, 1.165) is 10.9 Å². The van der Waals surface area contributed by atoms with Crippen molar-refractivity contribution in [2.45, 2.75) is 22.6 Å². The number of hydrogen-bond donors (Lipinski definition) is 1. The molecular formula is C26H24N2O5S2. The number of benzene rings is 4. The highest BCUT2D eigenvalue weighted by atomic mass is 32.2. The van der Waals surface area contributed by atoms with Gasteiger partial charge >= 0.3 is 0 Å². The lowest BCUT2D eigenvalue weighted by Crippen LogP contribution is -2.35. The standard InChI is InChI=1S/C26H24N2O5S2/c1-33-22-12-14-23(15-13-22)35(31,32)28-17-5-8-20-18-21(11-16-25(20)28)27-34(29,30)26-10-4-7-19-6-2-3-9-24(19)26/h2-4,6-7,9-16,18,27H,5,8,17H2,1H3. The van der Waals surface area contributed by atoms with Crippen LogP contribution in [0.2, 0.25) is 0 Å². The van der Waals surface area contributed by atoms with Gasteiger partial charge in [-0.25, -0.2) is 16.8 Å². The van der Waals surface area contributed by atoms with E-state index < -0.39 is 20.0 Å². The smallest absolute Gasteiger partial charge is 0.264 e. The lowest BCUT2D eigenvalue weighted by atomic mass is 10.0. The number of anilines is 2. The predicted molar refractivity (Wildman–Crippen MR) is 137 cm³/mol. The quantitative estimate of drug-likeness (QED) is 0.404. The van der Waals surface area contributed by atoms with Crippen LogP contribution in [0, 0.1) is 0 Å². The van der Waals surface area contributed by atoms with Gasteiger partial charge in [0.25, 0.3) is 20.0 Å². The summed E-state index contributed by atoms with van der Waals surface area (Å²) in [7, 11) is -6.10. The van der Waals surface area contributed by atoms with Gasteiger partial charge in [-0.1, -0.05) is 36.4 Å². The van der Waals surface area contributed by atoms with Crippen molar-refractivity contribution in [3.05, 3.63) is 90.5 Å². The van der Waals surface area contributed by atoms with E-state index in [2.05, 4.69) is 4.72 Å². The van der Waals surface area contributed by atoms with E-state index in [1.807, 2.05) is 18.2 Å². The first-order valence-electron chi connectivity index (χ1n) is 11.1. The number of nitrogens with one attached hydrogen (secondary N) is 1. The minimum Gasteiger partial charge on any atom is -0.497 e. The van der Waals surface area contributed by atoms with Crippen LogP contribution in [0.25, 0.3) is 10.8 Å². The van der Waals surface area contributed by atoms with E-state index >= 15 is 0 Å². The normalized spacial score (nSPS) is 13.9. The molecule has 0 bridgehead atoms. The third kappa shape index (κ3) is 4.33. The predicted octanol–water partition coefficient (Wildman–Crippen LogP) is 4.79. The summed E-state index contributed by atoms with van der Waals surface area (Å²) in [6.07, 6.45) is 1.27. The van der Waals surface area contributed by atoms with Gasteiger partial charge in [0.2, 0.25) is 0 Å². The molecule has 4 aromatic carbocycles. The largest absolute Gasteiger partial charge is 0.497 e. The Morgan fingerprint density at radius 1 is 0.857 bits per heavy atom. The van der Waals surface area contributed by atoms with Gasteiger partial charge in [-0.3, -0.25) is 9.03 Å². The topological polar surface area (TPSA) is 92.8 Å². The van der Waals surface area contributed by atoms with E-state index in [-0.39, 0.29) is 9.79 Å². The van der Waals surface area contributed by atoms with Gasteiger partial charge < -0.3 is 4.74 Å². The molecule has 0 saturated heterocycles. The van der Waals surface area contributed by atoms with Gasteiger partial charge in [-0.15, -0.1) is 0 Å². The number of sulfonamides is 2. The van der Waals surface area contributed by atoms with E-state index in [1.54, 1.807) is 54.6 Å². The molecule has 0 aromatic heterocycles. The monoisotopic (exact) mass is 508 g/mol. The van der Waals surface area contributed by atoms with Crippen LogP contribution < -0.4 is 13.8 Å². The number of nitrogens with zero attached hydrogens (tertiary/aromatic N) is 1. The van der Waals surface area contributed by atoms with Gasteiger partial charge in [0.05, 0.1) is 22.6 Å². The molecule has 0 amide bonds. The zero-order chi connectivity index (χ0) is 24.6. The van der Waals surface area contributed by atoms with E-state index in [1.165, 1.54) is 23.5 Å². The fourth-order valence-corrected chi connectivity index (χ4v) is 7.21. The van der Waals surface area contributed by atoms with Gasteiger partial charge in [0, 0.05) is 17.6 Å². The third-order valence-electron chi connectivity index (χ3n) is 6.09. The molecule has 0 unspecified atom stereocenters. The maximum Gasteiger partial charge on any atom is 0.264 e. The minimum absolute atomic E-state index is 0.173. The summed E-state index contributed by atoms with van der Waals surface area (Å²) in [5.41, 5.74) is 1.71. The Labute approximate surface area is 205 Å². The first-order valence-corrected chi connectivity index (χ1v) is 14.0. The average molecular weight is 509 g/mol. The molecule has 0 atom stereocenters. The first-order chi connectivity index (χ1) is 16.8. The summed E-state index contributed by atoms with van der Waals surface area (Å²) in [5, 5.41) is 1.47. The molecule has 35 heavy (non-hydrogen) atoms. The second kappa shape index (κ2) is 8.90. The third-order valence-corrected chi connectivity index (χ3v) is 9.36. The van der Waals surface area contributed by atoms with Crippen molar-refractivity contribution in [1.82, 2.24) is 0 Å². The van der Waals surface area contributed by atoms with Crippen LogP contribution in [0.5, 0.6) is 5.75 Å². The molecule has 7 nitrogen and oxygen atoms in total. The molecule has 180 valence electrons. The Morgan fingerprint density at radius 2 is 1.60 bits per heavy atom. The Bertz CT molecular complexity index is 1610. The molecule has 0 spiro atoms. The molecule has 1 aliphatic rings. The number of fused-ring (bicyclic) bond motifs is 2. The van der Waals surface area contributed by atoms with E-state index in [4.69, 9.17) is 4.74 Å².